The van der Waals surface area contributed by atoms with Gasteiger partial charge in [-0.25, -0.2) is 0 Å². The lowest BCUT2D eigenvalue weighted by atomic mass is 10.0. The van der Waals surface area contributed by atoms with Gasteiger partial charge in [0.15, 0.2) is 5.78 Å². The number of Topliss-reactive ketones (excluding diaryl/α,β-unsaturated/α-hetero) is 1. The lowest BCUT2D eigenvalue weighted by molar-refractivity contribution is -0.114. The second-order valence-corrected chi connectivity index (χ2v) is 3.45. The summed E-state index contributed by atoms with van der Waals surface area (Å²) in [6.45, 7) is 0. The first kappa shape index (κ1) is 9.73. The standard InChI is InChI=1S/C11H10O4/c12-7-3-1-6(2-4-7)10-8(13)5-9(14)11(10)15/h1-4,9,12,14-15H,5H2. The Bertz CT molecular complexity index is 430. The van der Waals surface area contributed by atoms with Crippen molar-refractivity contribution >= 4 is 11.4 Å². The lowest BCUT2D eigenvalue weighted by Crippen LogP contribution is -2.04. The van der Waals surface area contributed by atoms with Crippen LogP contribution in [0, 0.1) is 0 Å². The molecule has 4 nitrogen and oxygen atoms in total. The van der Waals surface area contributed by atoms with E-state index in [1.807, 2.05) is 0 Å². The number of benzene rings is 1. The average Bonchev–Trinajstić information content (AvgIpc) is 2.44. The Morgan fingerprint density at radius 3 is 2.20 bits per heavy atom. The minimum Gasteiger partial charge on any atom is -0.509 e. The topological polar surface area (TPSA) is 77.8 Å². The summed E-state index contributed by atoms with van der Waals surface area (Å²) in [6, 6.07) is 5.90. The smallest absolute Gasteiger partial charge is 0.170 e. The molecule has 3 N–H and O–H groups in total. The van der Waals surface area contributed by atoms with E-state index >= 15 is 0 Å². The molecule has 0 heterocycles. The Morgan fingerprint density at radius 2 is 1.73 bits per heavy atom. The van der Waals surface area contributed by atoms with Crippen LogP contribution in [0.25, 0.3) is 5.57 Å². The first-order chi connectivity index (χ1) is 7.09. The summed E-state index contributed by atoms with van der Waals surface area (Å²) in [5, 5.41) is 27.8. The Labute approximate surface area is 86.1 Å². The summed E-state index contributed by atoms with van der Waals surface area (Å²) in [5.74, 6) is -0.485. The third-order valence-electron chi connectivity index (χ3n) is 2.39. The van der Waals surface area contributed by atoms with E-state index in [1.54, 1.807) is 0 Å². The van der Waals surface area contributed by atoms with Gasteiger partial charge in [0.25, 0.3) is 0 Å². The number of allylic oxidation sites excluding steroid dienone is 1. The highest BCUT2D eigenvalue weighted by Gasteiger charge is 2.31. The molecule has 4 heteroatoms. The van der Waals surface area contributed by atoms with Gasteiger partial charge in [0.05, 0.1) is 5.57 Å². The summed E-state index contributed by atoms with van der Waals surface area (Å²) < 4.78 is 0. The predicted octanol–water partition coefficient (Wildman–Crippen LogP) is 0.995. The van der Waals surface area contributed by atoms with Crippen molar-refractivity contribution in [2.45, 2.75) is 12.5 Å². The summed E-state index contributed by atoms with van der Waals surface area (Å²) in [7, 11) is 0. The molecule has 1 aliphatic carbocycles. The molecule has 1 aromatic rings. The molecular weight excluding hydrogens is 196 g/mol. The first-order valence-corrected chi connectivity index (χ1v) is 4.53. The highest BCUT2D eigenvalue weighted by Crippen LogP contribution is 2.30. The fraction of sp³-hybridized carbons (Fsp3) is 0.182. The van der Waals surface area contributed by atoms with Gasteiger partial charge in [-0.2, -0.15) is 0 Å². The highest BCUT2D eigenvalue weighted by molar-refractivity contribution is 6.23. The summed E-state index contributed by atoms with van der Waals surface area (Å²) in [5.41, 5.74) is 0.648. The van der Waals surface area contributed by atoms with E-state index in [2.05, 4.69) is 0 Å². The van der Waals surface area contributed by atoms with Crippen LogP contribution in [0.1, 0.15) is 12.0 Å². The molecule has 1 unspecified atom stereocenters. The molecule has 0 bridgehead atoms. The zero-order valence-corrected chi connectivity index (χ0v) is 7.84. The van der Waals surface area contributed by atoms with Crippen LogP contribution < -0.4 is 0 Å². The summed E-state index contributed by atoms with van der Waals surface area (Å²) >= 11 is 0. The van der Waals surface area contributed by atoms with E-state index in [1.165, 1.54) is 24.3 Å². The van der Waals surface area contributed by atoms with Gasteiger partial charge in [0.2, 0.25) is 0 Å². The van der Waals surface area contributed by atoms with Crippen LogP contribution in [-0.4, -0.2) is 27.2 Å². The molecule has 0 radical (unpaired) electrons. The van der Waals surface area contributed by atoms with E-state index in [-0.39, 0.29) is 29.3 Å². The SMILES string of the molecule is O=C1CC(O)C(O)=C1c1ccc(O)cc1. The average molecular weight is 206 g/mol. The van der Waals surface area contributed by atoms with Crippen LogP contribution >= 0.6 is 0 Å². The molecule has 0 aromatic heterocycles. The molecular formula is C11H10O4. The van der Waals surface area contributed by atoms with Gasteiger partial charge in [0.1, 0.15) is 17.6 Å². The van der Waals surface area contributed by atoms with Gasteiger partial charge in [0, 0.05) is 6.42 Å². The minimum absolute atomic E-state index is 0.0813. The van der Waals surface area contributed by atoms with Crippen LogP contribution in [0.3, 0.4) is 0 Å². The van der Waals surface area contributed by atoms with Gasteiger partial charge in [-0.05, 0) is 17.7 Å². The molecule has 78 valence electrons. The van der Waals surface area contributed by atoms with Gasteiger partial charge in [-0.1, -0.05) is 12.1 Å². The molecule has 1 aromatic carbocycles. The van der Waals surface area contributed by atoms with Crippen molar-refractivity contribution in [1.82, 2.24) is 0 Å². The Kier molecular flexibility index (Phi) is 2.21. The summed E-state index contributed by atoms with van der Waals surface area (Å²) in [4.78, 5) is 11.4. The van der Waals surface area contributed by atoms with Crippen molar-refractivity contribution in [3.8, 4) is 5.75 Å². The van der Waals surface area contributed by atoms with Crippen molar-refractivity contribution in [2.75, 3.05) is 0 Å². The number of aliphatic hydroxyl groups is 2. The third kappa shape index (κ3) is 1.59. The number of carbonyl (C=O) groups excluding carboxylic acids is 1. The number of carbonyl (C=O) groups is 1. The quantitative estimate of drug-likeness (QED) is 0.640. The lowest BCUT2D eigenvalue weighted by Gasteiger charge is -2.02. The maximum Gasteiger partial charge on any atom is 0.170 e. The molecule has 1 atom stereocenters. The molecule has 0 saturated heterocycles. The van der Waals surface area contributed by atoms with Crippen LogP contribution in [0.15, 0.2) is 30.0 Å². The zero-order chi connectivity index (χ0) is 11.0. The number of rotatable bonds is 1. The number of hydrogen-bond acceptors (Lipinski definition) is 4. The number of ketones is 1. The Morgan fingerprint density at radius 1 is 1.13 bits per heavy atom. The number of phenolic OH excluding ortho intramolecular Hbond substituents is 1. The van der Waals surface area contributed by atoms with Gasteiger partial charge in [-0.15, -0.1) is 0 Å². The van der Waals surface area contributed by atoms with Gasteiger partial charge >= 0.3 is 0 Å². The third-order valence-corrected chi connectivity index (χ3v) is 2.39. The van der Waals surface area contributed by atoms with E-state index < -0.39 is 6.10 Å². The normalized spacial score (nSPS) is 21.1. The van der Waals surface area contributed by atoms with Crippen molar-refractivity contribution in [3.05, 3.63) is 35.6 Å². The van der Waals surface area contributed by atoms with Crippen LogP contribution in [0.5, 0.6) is 5.75 Å². The van der Waals surface area contributed by atoms with E-state index in [0.29, 0.717) is 5.56 Å². The highest BCUT2D eigenvalue weighted by atomic mass is 16.3. The van der Waals surface area contributed by atoms with E-state index in [0.717, 1.165) is 0 Å². The predicted molar refractivity (Wildman–Crippen MR) is 53.3 cm³/mol. The van der Waals surface area contributed by atoms with Crippen molar-refractivity contribution in [3.63, 3.8) is 0 Å². The number of aliphatic hydroxyl groups excluding tert-OH is 2. The zero-order valence-electron chi connectivity index (χ0n) is 7.84. The van der Waals surface area contributed by atoms with Crippen molar-refractivity contribution in [2.24, 2.45) is 0 Å². The maximum absolute atomic E-state index is 11.4. The Balaban J connectivity index is 2.47. The molecule has 0 aliphatic heterocycles. The van der Waals surface area contributed by atoms with Crippen LogP contribution in [-0.2, 0) is 4.79 Å². The molecule has 1 aliphatic rings. The summed E-state index contributed by atoms with van der Waals surface area (Å²) in [6.07, 6.45) is -1.18. The number of phenols is 1. The fourth-order valence-electron chi connectivity index (χ4n) is 1.62. The Hall–Kier alpha value is -1.81. The van der Waals surface area contributed by atoms with Crippen molar-refractivity contribution in [1.29, 1.82) is 0 Å². The van der Waals surface area contributed by atoms with Gasteiger partial charge < -0.3 is 15.3 Å². The second-order valence-electron chi connectivity index (χ2n) is 3.45. The van der Waals surface area contributed by atoms with Crippen LogP contribution in [0.4, 0.5) is 0 Å². The fourth-order valence-corrected chi connectivity index (χ4v) is 1.62. The molecule has 15 heavy (non-hydrogen) atoms. The van der Waals surface area contributed by atoms with Crippen molar-refractivity contribution < 1.29 is 20.1 Å². The maximum atomic E-state index is 11.4. The number of aromatic hydroxyl groups is 1. The first-order valence-electron chi connectivity index (χ1n) is 4.53. The van der Waals surface area contributed by atoms with Crippen LogP contribution in [0.2, 0.25) is 0 Å². The second kappa shape index (κ2) is 3.40. The minimum atomic E-state index is -1.10. The monoisotopic (exact) mass is 206 g/mol. The van der Waals surface area contributed by atoms with Gasteiger partial charge in [-0.3, -0.25) is 4.79 Å². The molecule has 0 spiro atoms. The molecule has 0 fully saturated rings. The molecule has 0 saturated carbocycles. The largest absolute Gasteiger partial charge is 0.509 e. The number of hydrogen-bond donors (Lipinski definition) is 3. The van der Waals surface area contributed by atoms with E-state index in [9.17, 15) is 15.0 Å². The molecule has 2 rings (SSSR count). The molecule has 0 amide bonds. The van der Waals surface area contributed by atoms with E-state index in [4.69, 9.17) is 5.11 Å².